The summed E-state index contributed by atoms with van der Waals surface area (Å²) in [6.45, 7) is 2.37. The fourth-order valence-electron chi connectivity index (χ4n) is 4.09. The van der Waals surface area contributed by atoms with Gasteiger partial charge in [-0.25, -0.2) is 0 Å². The zero-order valence-electron chi connectivity index (χ0n) is 12.6. The molecule has 0 aliphatic carbocycles. The molecule has 0 atom stereocenters. The Morgan fingerprint density at radius 3 is 2.82 bits per heavy atom. The fraction of sp³-hybridized carbons (Fsp3) is 0.353. The predicted molar refractivity (Wildman–Crippen MR) is 89.1 cm³/mol. The zero-order valence-corrected chi connectivity index (χ0v) is 12.6. The number of nitrogen functional groups attached to an aromatic ring is 1. The molecular weight excluding hydrogens is 274 g/mol. The van der Waals surface area contributed by atoms with Crippen molar-refractivity contribution in [2.75, 3.05) is 23.7 Å². The van der Waals surface area contributed by atoms with Gasteiger partial charge in [0.15, 0.2) is 0 Å². The Balaban J connectivity index is 1.74. The number of nitrogens with one attached hydrogen (secondary N) is 1. The summed E-state index contributed by atoms with van der Waals surface area (Å²) in [7, 11) is 1.88. The third-order valence-corrected chi connectivity index (χ3v) is 5.33. The van der Waals surface area contributed by atoms with Crippen LogP contribution in [0.1, 0.15) is 24.3 Å². The van der Waals surface area contributed by atoms with Crippen molar-refractivity contribution in [3.63, 3.8) is 0 Å². The summed E-state index contributed by atoms with van der Waals surface area (Å²) in [6, 6.07) is 6.59. The van der Waals surface area contributed by atoms with Crippen LogP contribution in [0.15, 0.2) is 24.4 Å². The molecule has 2 bridgehead atoms. The Bertz CT molecular complexity index is 880. The van der Waals surface area contributed by atoms with Crippen LogP contribution in [0.25, 0.3) is 22.0 Å². The average Bonchev–Trinajstić information content (AvgIpc) is 3.11. The number of aromatic amines is 1. The molecular formula is C17H19N5. The van der Waals surface area contributed by atoms with Gasteiger partial charge in [0, 0.05) is 42.2 Å². The third kappa shape index (κ3) is 1.46. The molecule has 2 aromatic heterocycles. The van der Waals surface area contributed by atoms with Gasteiger partial charge < -0.3 is 15.6 Å². The van der Waals surface area contributed by atoms with Crippen LogP contribution in [-0.4, -0.2) is 27.9 Å². The summed E-state index contributed by atoms with van der Waals surface area (Å²) < 4.78 is 1.72. The van der Waals surface area contributed by atoms with E-state index in [2.05, 4.69) is 33.2 Å². The van der Waals surface area contributed by atoms with E-state index in [1.54, 1.807) is 4.68 Å². The normalized spacial score (nSPS) is 17.4. The average molecular weight is 293 g/mol. The van der Waals surface area contributed by atoms with Crippen LogP contribution < -0.4 is 10.6 Å². The number of hydrogen-bond acceptors (Lipinski definition) is 3. The van der Waals surface area contributed by atoms with Crippen molar-refractivity contribution in [3.05, 3.63) is 30.0 Å². The quantitative estimate of drug-likeness (QED) is 0.725. The second-order valence-corrected chi connectivity index (χ2v) is 6.48. The van der Waals surface area contributed by atoms with E-state index in [4.69, 9.17) is 5.73 Å². The van der Waals surface area contributed by atoms with Crippen molar-refractivity contribution in [2.24, 2.45) is 7.05 Å². The van der Waals surface area contributed by atoms with Crippen LogP contribution in [0.4, 0.5) is 11.6 Å². The smallest absolute Gasteiger partial charge is 0.129 e. The van der Waals surface area contributed by atoms with E-state index in [9.17, 15) is 0 Å². The highest BCUT2D eigenvalue weighted by Crippen LogP contribution is 2.46. The van der Waals surface area contributed by atoms with Gasteiger partial charge in [0.1, 0.15) is 11.6 Å². The number of piperidine rings is 1. The largest absolute Gasteiger partial charge is 0.383 e. The van der Waals surface area contributed by atoms with Crippen molar-refractivity contribution in [1.29, 1.82) is 0 Å². The molecule has 5 heterocycles. The number of anilines is 2. The molecule has 0 radical (unpaired) electrons. The van der Waals surface area contributed by atoms with Crippen molar-refractivity contribution in [2.45, 2.75) is 18.8 Å². The first kappa shape index (κ1) is 12.1. The van der Waals surface area contributed by atoms with Crippen molar-refractivity contribution >= 4 is 22.5 Å². The number of hydrogen-bond donors (Lipinski definition) is 2. The highest BCUT2D eigenvalue weighted by molar-refractivity contribution is 5.94. The summed E-state index contributed by atoms with van der Waals surface area (Å²) in [5, 5.41) is 5.61. The maximum absolute atomic E-state index is 6.14. The molecule has 0 spiro atoms. The third-order valence-electron chi connectivity index (χ3n) is 5.33. The van der Waals surface area contributed by atoms with E-state index in [1.807, 2.05) is 13.2 Å². The van der Waals surface area contributed by atoms with Gasteiger partial charge in [-0.3, -0.25) is 4.68 Å². The van der Waals surface area contributed by atoms with Crippen LogP contribution in [0.5, 0.6) is 0 Å². The summed E-state index contributed by atoms with van der Waals surface area (Å²) in [5.41, 5.74) is 11.0. The summed E-state index contributed by atoms with van der Waals surface area (Å²) in [4.78, 5) is 6.11. The van der Waals surface area contributed by atoms with Gasteiger partial charge in [-0.1, -0.05) is 6.07 Å². The number of fused-ring (bicyclic) bond motifs is 3. The SMILES string of the molecule is Cn1ncc(-c2ccc3[nH]c4c(c3c2)C2CCN4CC2)c1N. The van der Waals surface area contributed by atoms with Crippen LogP contribution >= 0.6 is 0 Å². The molecule has 3 aliphatic heterocycles. The zero-order chi connectivity index (χ0) is 14.8. The van der Waals surface area contributed by atoms with Crippen LogP contribution in [0, 0.1) is 0 Å². The number of benzene rings is 1. The second kappa shape index (κ2) is 4.06. The summed E-state index contributed by atoms with van der Waals surface area (Å²) in [5.74, 6) is 2.76. The standard InChI is InChI=1S/C17H19N5/c1-21-16(18)13(9-19-21)11-2-3-14-12(8-11)15-10-4-6-22(7-5-10)17(15)20-14/h2-3,8-10,20H,4-7,18H2,1H3. The number of H-pyrrole nitrogens is 1. The molecule has 1 aromatic carbocycles. The van der Waals surface area contributed by atoms with Gasteiger partial charge in [-0.15, -0.1) is 0 Å². The Kier molecular flexibility index (Phi) is 2.24. The van der Waals surface area contributed by atoms with E-state index >= 15 is 0 Å². The number of aryl methyl sites for hydroxylation is 1. The van der Waals surface area contributed by atoms with Crippen molar-refractivity contribution in [3.8, 4) is 11.1 Å². The van der Waals surface area contributed by atoms with Gasteiger partial charge in [0.05, 0.1) is 6.20 Å². The Morgan fingerprint density at radius 1 is 1.27 bits per heavy atom. The minimum absolute atomic E-state index is 0.704. The predicted octanol–water partition coefficient (Wildman–Crippen LogP) is 2.85. The Labute approximate surface area is 128 Å². The van der Waals surface area contributed by atoms with E-state index in [1.165, 1.54) is 48.2 Å². The van der Waals surface area contributed by atoms with Gasteiger partial charge >= 0.3 is 0 Å². The second-order valence-electron chi connectivity index (χ2n) is 6.48. The number of aromatic nitrogens is 3. The van der Waals surface area contributed by atoms with E-state index in [-0.39, 0.29) is 0 Å². The maximum atomic E-state index is 6.14. The number of rotatable bonds is 1. The molecule has 0 saturated carbocycles. The molecule has 5 heteroatoms. The van der Waals surface area contributed by atoms with Crippen LogP contribution in [0.3, 0.4) is 0 Å². The van der Waals surface area contributed by atoms with Crippen LogP contribution in [0.2, 0.25) is 0 Å². The Morgan fingerprint density at radius 2 is 2.09 bits per heavy atom. The number of nitrogens with two attached hydrogens (primary N) is 1. The minimum Gasteiger partial charge on any atom is -0.383 e. The summed E-state index contributed by atoms with van der Waals surface area (Å²) in [6.07, 6.45) is 4.41. The molecule has 3 N–H and O–H groups in total. The lowest BCUT2D eigenvalue weighted by Gasteiger charge is -2.40. The molecule has 1 saturated heterocycles. The first-order valence-corrected chi connectivity index (χ1v) is 7.91. The number of nitrogens with zero attached hydrogens (tertiary/aromatic N) is 3. The molecule has 0 unspecified atom stereocenters. The first-order valence-electron chi connectivity index (χ1n) is 7.91. The molecule has 3 aliphatic rings. The molecule has 1 fully saturated rings. The molecule has 0 amide bonds. The molecule has 6 rings (SSSR count). The van der Waals surface area contributed by atoms with Crippen molar-refractivity contribution in [1.82, 2.24) is 14.8 Å². The van der Waals surface area contributed by atoms with Crippen molar-refractivity contribution < 1.29 is 0 Å². The Hall–Kier alpha value is -2.43. The first-order chi connectivity index (χ1) is 10.7. The van der Waals surface area contributed by atoms with Gasteiger partial charge in [-0.2, -0.15) is 5.10 Å². The molecule has 22 heavy (non-hydrogen) atoms. The summed E-state index contributed by atoms with van der Waals surface area (Å²) >= 11 is 0. The lowest BCUT2D eigenvalue weighted by Crippen LogP contribution is -2.38. The van der Waals surface area contributed by atoms with Gasteiger partial charge in [-0.05, 0) is 36.5 Å². The maximum Gasteiger partial charge on any atom is 0.129 e. The van der Waals surface area contributed by atoms with E-state index < -0.39 is 0 Å². The highest BCUT2D eigenvalue weighted by Gasteiger charge is 2.33. The lowest BCUT2D eigenvalue weighted by atomic mass is 9.84. The monoisotopic (exact) mass is 293 g/mol. The van der Waals surface area contributed by atoms with Gasteiger partial charge in [0.25, 0.3) is 0 Å². The minimum atomic E-state index is 0.704. The topological polar surface area (TPSA) is 62.9 Å². The van der Waals surface area contributed by atoms with E-state index in [0.717, 1.165) is 11.1 Å². The molecule has 112 valence electrons. The highest BCUT2D eigenvalue weighted by atomic mass is 15.3. The molecule has 3 aromatic rings. The van der Waals surface area contributed by atoms with Crippen LogP contribution in [-0.2, 0) is 7.05 Å². The molecule has 5 nitrogen and oxygen atoms in total. The van der Waals surface area contributed by atoms with Gasteiger partial charge in [0.2, 0.25) is 0 Å². The fourth-order valence-corrected chi connectivity index (χ4v) is 4.09. The lowest BCUT2D eigenvalue weighted by molar-refractivity contribution is 0.475. The van der Waals surface area contributed by atoms with E-state index in [0.29, 0.717) is 11.7 Å².